The molecule has 15 heavy (non-hydrogen) atoms. The molecule has 2 rings (SSSR count). The summed E-state index contributed by atoms with van der Waals surface area (Å²) in [5.41, 5.74) is 1.28. The Balaban J connectivity index is 2.09. The molecule has 1 N–H and O–H groups in total. The Morgan fingerprint density at radius 2 is 2.40 bits per heavy atom. The highest BCUT2D eigenvalue weighted by molar-refractivity contribution is 5.41. The highest BCUT2D eigenvalue weighted by atomic mass is 15.2. The first-order valence-electron chi connectivity index (χ1n) is 5.64. The van der Waals surface area contributed by atoms with E-state index < -0.39 is 0 Å². The lowest BCUT2D eigenvalue weighted by molar-refractivity contribution is 0.447. The van der Waals surface area contributed by atoms with Crippen molar-refractivity contribution in [1.29, 1.82) is 0 Å². The van der Waals surface area contributed by atoms with Crippen molar-refractivity contribution in [2.45, 2.75) is 25.8 Å². The molecule has 0 bridgehead atoms. The average Bonchev–Trinajstić information content (AvgIpc) is 2.29. The summed E-state index contributed by atoms with van der Waals surface area (Å²) in [5, 5.41) is 3.35. The van der Waals surface area contributed by atoms with Crippen LogP contribution in [0.4, 0.5) is 5.82 Å². The van der Waals surface area contributed by atoms with Crippen LogP contribution in [0.2, 0.25) is 0 Å². The van der Waals surface area contributed by atoms with E-state index in [4.69, 9.17) is 0 Å². The number of pyridine rings is 1. The fourth-order valence-corrected chi connectivity index (χ4v) is 2.11. The van der Waals surface area contributed by atoms with Gasteiger partial charge in [-0.3, -0.25) is 0 Å². The lowest BCUT2D eigenvalue weighted by Gasteiger charge is -2.33. The van der Waals surface area contributed by atoms with E-state index in [2.05, 4.69) is 28.2 Å². The van der Waals surface area contributed by atoms with Gasteiger partial charge in [0.15, 0.2) is 0 Å². The Hall–Kier alpha value is -1.09. The van der Waals surface area contributed by atoms with Crippen LogP contribution in [-0.4, -0.2) is 31.2 Å². The predicted octanol–water partition coefficient (Wildman–Crippen LogP) is 1.58. The molecule has 0 aliphatic carbocycles. The van der Waals surface area contributed by atoms with Gasteiger partial charge < -0.3 is 10.2 Å². The van der Waals surface area contributed by atoms with Crippen molar-refractivity contribution in [1.82, 2.24) is 10.3 Å². The van der Waals surface area contributed by atoms with E-state index >= 15 is 0 Å². The van der Waals surface area contributed by atoms with Gasteiger partial charge in [-0.1, -0.05) is 0 Å². The molecule has 2 heterocycles. The number of rotatable bonds is 2. The van der Waals surface area contributed by atoms with Crippen LogP contribution < -0.4 is 10.2 Å². The van der Waals surface area contributed by atoms with Crippen molar-refractivity contribution in [3.8, 4) is 0 Å². The molecule has 0 aromatic carbocycles. The minimum atomic E-state index is 0.612. The molecule has 0 unspecified atom stereocenters. The van der Waals surface area contributed by atoms with Gasteiger partial charge in [0.25, 0.3) is 0 Å². The molecule has 1 saturated heterocycles. The molecule has 1 aliphatic heterocycles. The Kier molecular flexibility index (Phi) is 3.21. The van der Waals surface area contributed by atoms with Crippen molar-refractivity contribution in [3.63, 3.8) is 0 Å². The Morgan fingerprint density at radius 3 is 3.13 bits per heavy atom. The van der Waals surface area contributed by atoms with Crippen LogP contribution in [0.15, 0.2) is 18.3 Å². The summed E-state index contributed by atoms with van der Waals surface area (Å²) in [6, 6.07) is 4.82. The zero-order valence-electron chi connectivity index (χ0n) is 9.53. The maximum atomic E-state index is 4.43. The average molecular weight is 205 g/mol. The maximum absolute atomic E-state index is 4.43. The molecule has 3 heteroatoms. The first-order chi connectivity index (χ1) is 7.29. The number of hydrogen-bond acceptors (Lipinski definition) is 3. The van der Waals surface area contributed by atoms with Crippen LogP contribution in [0.1, 0.15) is 18.4 Å². The van der Waals surface area contributed by atoms with E-state index in [0.29, 0.717) is 6.04 Å². The molecule has 1 aliphatic rings. The Morgan fingerprint density at radius 1 is 1.53 bits per heavy atom. The lowest BCUT2D eigenvalue weighted by atomic mass is 10.1. The number of aromatic nitrogens is 1. The second kappa shape index (κ2) is 4.62. The van der Waals surface area contributed by atoms with E-state index in [9.17, 15) is 0 Å². The van der Waals surface area contributed by atoms with Gasteiger partial charge in [-0.05, 0) is 44.5 Å². The van der Waals surface area contributed by atoms with Crippen LogP contribution in [0, 0.1) is 6.92 Å². The molecule has 0 spiro atoms. The summed E-state index contributed by atoms with van der Waals surface area (Å²) in [6.07, 6.45) is 4.42. The molecule has 1 atom stereocenters. The fourth-order valence-electron chi connectivity index (χ4n) is 2.11. The number of aryl methyl sites for hydroxylation is 1. The fraction of sp³-hybridized carbons (Fsp3) is 0.583. The highest BCUT2D eigenvalue weighted by Gasteiger charge is 2.19. The van der Waals surface area contributed by atoms with Gasteiger partial charge in [0, 0.05) is 25.3 Å². The van der Waals surface area contributed by atoms with Gasteiger partial charge in [-0.15, -0.1) is 0 Å². The highest BCUT2D eigenvalue weighted by Crippen LogP contribution is 2.18. The number of likely N-dealkylation sites (N-methyl/N-ethyl adjacent to an activating group) is 1. The van der Waals surface area contributed by atoms with Crippen molar-refractivity contribution in [3.05, 3.63) is 23.9 Å². The van der Waals surface area contributed by atoms with E-state index in [0.717, 1.165) is 18.9 Å². The van der Waals surface area contributed by atoms with Crippen molar-refractivity contribution in [2.24, 2.45) is 0 Å². The summed E-state index contributed by atoms with van der Waals surface area (Å²) < 4.78 is 0. The van der Waals surface area contributed by atoms with Gasteiger partial charge in [-0.2, -0.15) is 0 Å². The monoisotopic (exact) mass is 205 g/mol. The molecule has 1 fully saturated rings. The molecule has 0 saturated carbocycles. The van der Waals surface area contributed by atoms with E-state index in [1.807, 2.05) is 19.3 Å². The summed E-state index contributed by atoms with van der Waals surface area (Å²) in [6.45, 7) is 4.33. The van der Waals surface area contributed by atoms with Crippen LogP contribution in [0.3, 0.4) is 0 Å². The minimum absolute atomic E-state index is 0.612. The maximum Gasteiger partial charge on any atom is 0.128 e. The molecule has 0 amide bonds. The summed E-state index contributed by atoms with van der Waals surface area (Å²) in [5.74, 6) is 1.12. The number of anilines is 1. The Labute approximate surface area is 91.5 Å². The largest absolute Gasteiger partial charge is 0.355 e. The van der Waals surface area contributed by atoms with E-state index in [-0.39, 0.29) is 0 Å². The third kappa shape index (κ3) is 2.48. The SMILES string of the molecule is CN[C@@H]1CCCN(c2cc(C)ccn2)C1. The third-order valence-electron chi connectivity index (χ3n) is 3.05. The number of piperidine rings is 1. The topological polar surface area (TPSA) is 28.2 Å². The van der Waals surface area contributed by atoms with Gasteiger partial charge in [0.05, 0.1) is 0 Å². The standard InChI is InChI=1S/C12H19N3/c1-10-5-6-14-12(8-10)15-7-3-4-11(9-15)13-2/h5-6,8,11,13H,3-4,7,9H2,1-2H3/t11-/m1/s1. The van der Waals surface area contributed by atoms with E-state index in [1.54, 1.807) is 0 Å². The number of nitrogens with zero attached hydrogens (tertiary/aromatic N) is 2. The van der Waals surface area contributed by atoms with Gasteiger partial charge in [0.2, 0.25) is 0 Å². The Bertz CT molecular complexity index is 324. The first kappa shape index (κ1) is 10.4. The number of nitrogens with one attached hydrogen (secondary N) is 1. The molecule has 1 aromatic rings. The molecular formula is C12H19N3. The smallest absolute Gasteiger partial charge is 0.128 e. The number of hydrogen-bond donors (Lipinski definition) is 1. The second-order valence-electron chi connectivity index (χ2n) is 4.27. The van der Waals surface area contributed by atoms with Crippen LogP contribution in [0.5, 0.6) is 0 Å². The van der Waals surface area contributed by atoms with Gasteiger partial charge in [0.1, 0.15) is 5.82 Å². The molecule has 3 nitrogen and oxygen atoms in total. The van der Waals surface area contributed by atoms with Crippen molar-refractivity contribution in [2.75, 3.05) is 25.0 Å². The second-order valence-corrected chi connectivity index (χ2v) is 4.27. The quantitative estimate of drug-likeness (QED) is 0.794. The van der Waals surface area contributed by atoms with Crippen LogP contribution in [0.25, 0.3) is 0 Å². The summed E-state index contributed by atoms with van der Waals surface area (Å²) in [7, 11) is 2.04. The van der Waals surface area contributed by atoms with Gasteiger partial charge >= 0.3 is 0 Å². The normalized spacial score (nSPS) is 21.7. The molecule has 82 valence electrons. The molecular weight excluding hydrogens is 186 g/mol. The predicted molar refractivity (Wildman–Crippen MR) is 63.3 cm³/mol. The van der Waals surface area contributed by atoms with E-state index in [1.165, 1.54) is 18.4 Å². The molecule has 0 radical (unpaired) electrons. The lowest BCUT2D eigenvalue weighted by Crippen LogP contribution is -2.44. The summed E-state index contributed by atoms with van der Waals surface area (Å²) >= 11 is 0. The minimum Gasteiger partial charge on any atom is -0.355 e. The van der Waals surface area contributed by atoms with Crippen molar-refractivity contribution < 1.29 is 0 Å². The zero-order chi connectivity index (χ0) is 10.7. The van der Waals surface area contributed by atoms with Gasteiger partial charge in [-0.25, -0.2) is 4.98 Å². The zero-order valence-corrected chi connectivity index (χ0v) is 9.53. The van der Waals surface area contributed by atoms with Crippen LogP contribution >= 0.6 is 0 Å². The molecule has 1 aromatic heterocycles. The van der Waals surface area contributed by atoms with Crippen molar-refractivity contribution >= 4 is 5.82 Å². The summed E-state index contributed by atoms with van der Waals surface area (Å²) in [4.78, 5) is 6.80. The van der Waals surface area contributed by atoms with Crippen LogP contribution in [-0.2, 0) is 0 Å². The first-order valence-corrected chi connectivity index (χ1v) is 5.64. The third-order valence-corrected chi connectivity index (χ3v) is 3.05.